The van der Waals surface area contributed by atoms with Crippen molar-refractivity contribution in [2.75, 3.05) is 5.32 Å². The number of hydrogen-bond acceptors (Lipinski definition) is 6. The van der Waals surface area contributed by atoms with Gasteiger partial charge in [-0.3, -0.25) is 9.36 Å². The third-order valence-corrected chi connectivity index (χ3v) is 5.14. The second-order valence-electron chi connectivity index (χ2n) is 6.91. The standard InChI is InChI=1S/C21H15ClFN7O/c1-11(28-19-17-18(25-9-24-17)26-10-27-19)20-29-15-7-3-6-14(23)16(15)21(31)30(20)13-5-2-4-12(22)8-13/h2-11H,1H3,(H2,24,25,26,27,28)/t11-/m1/s1. The first-order valence-corrected chi connectivity index (χ1v) is 9.78. The van der Waals surface area contributed by atoms with Crippen molar-refractivity contribution < 1.29 is 4.39 Å². The number of imidazole rings is 1. The molecule has 0 spiro atoms. The molecule has 0 radical (unpaired) electrons. The highest BCUT2D eigenvalue weighted by atomic mass is 35.5. The third kappa shape index (κ3) is 3.28. The van der Waals surface area contributed by atoms with Gasteiger partial charge in [0.15, 0.2) is 11.5 Å². The van der Waals surface area contributed by atoms with Gasteiger partial charge in [0.1, 0.15) is 28.9 Å². The Bertz CT molecular complexity index is 1500. The Balaban J connectivity index is 1.72. The van der Waals surface area contributed by atoms with E-state index in [1.807, 2.05) is 6.92 Å². The zero-order chi connectivity index (χ0) is 21.5. The summed E-state index contributed by atoms with van der Waals surface area (Å²) in [7, 11) is 0. The monoisotopic (exact) mass is 435 g/mol. The number of anilines is 1. The Morgan fingerprint density at radius 1 is 1.16 bits per heavy atom. The number of fused-ring (bicyclic) bond motifs is 2. The van der Waals surface area contributed by atoms with Gasteiger partial charge in [0.25, 0.3) is 5.56 Å². The molecule has 0 saturated carbocycles. The highest BCUT2D eigenvalue weighted by Crippen LogP contribution is 2.25. The molecule has 2 aromatic carbocycles. The van der Waals surface area contributed by atoms with Crippen molar-refractivity contribution in [2.24, 2.45) is 0 Å². The molecule has 1 atom stereocenters. The van der Waals surface area contributed by atoms with E-state index in [1.54, 1.807) is 30.3 Å². The zero-order valence-corrected chi connectivity index (χ0v) is 16.9. The number of aromatic nitrogens is 6. The molecule has 2 N–H and O–H groups in total. The van der Waals surface area contributed by atoms with E-state index in [0.717, 1.165) is 0 Å². The molecular formula is C21H15ClFN7O. The number of nitrogens with one attached hydrogen (secondary N) is 2. The fourth-order valence-electron chi connectivity index (χ4n) is 3.51. The molecule has 3 aromatic heterocycles. The van der Waals surface area contributed by atoms with Crippen LogP contribution in [0, 0.1) is 5.82 Å². The molecule has 0 aliphatic rings. The van der Waals surface area contributed by atoms with Crippen molar-refractivity contribution in [3.8, 4) is 5.69 Å². The summed E-state index contributed by atoms with van der Waals surface area (Å²) in [4.78, 5) is 33.5. The Hall–Kier alpha value is -3.85. The predicted molar refractivity (Wildman–Crippen MR) is 116 cm³/mol. The van der Waals surface area contributed by atoms with Crippen LogP contribution in [0.15, 0.2) is 59.9 Å². The second kappa shape index (κ2) is 7.44. The lowest BCUT2D eigenvalue weighted by Gasteiger charge is -2.20. The molecule has 0 aliphatic heterocycles. The Labute approximate surface area is 179 Å². The van der Waals surface area contributed by atoms with Crippen molar-refractivity contribution in [2.45, 2.75) is 13.0 Å². The van der Waals surface area contributed by atoms with E-state index in [1.165, 1.54) is 29.4 Å². The molecule has 0 aliphatic carbocycles. The van der Waals surface area contributed by atoms with E-state index in [0.29, 0.717) is 33.5 Å². The van der Waals surface area contributed by atoms with Gasteiger partial charge < -0.3 is 10.3 Å². The maximum Gasteiger partial charge on any atom is 0.269 e. The van der Waals surface area contributed by atoms with Crippen molar-refractivity contribution in [1.29, 1.82) is 0 Å². The van der Waals surface area contributed by atoms with Crippen LogP contribution in [0.3, 0.4) is 0 Å². The van der Waals surface area contributed by atoms with Gasteiger partial charge in [-0.15, -0.1) is 0 Å². The van der Waals surface area contributed by atoms with Crippen LogP contribution in [0.25, 0.3) is 27.8 Å². The van der Waals surface area contributed by atoms with Crippen LogP contribution in [0.4, 0.5) is 10.2 Å². The van der Waals surface area contributed by atoms with Crippen LogP contribution in [-0.2, 0) is 0 Å². The fraction of sp³-hybridized carbons (Fsp3) is 0.0952. The first-order valence-electron chi connectivity index (χ1n) is 9.40. The van der Waals surface area contributed by atoms with Crippen LogP contribution in [0.1, 0.15) is 18.8 Å². The van der Waals surface area contributed by atoms with Crippen LogP contribution < -0.4 is 10.9 Å². The number of aromatic amines is 1. The molecule has 0 bridgehead atoms. The average Bonchev–Trinajstić information content (AvgIpc) is 3.23. The summed E-state index contributed by atoms with van der Waals surface area (Å²) in [6.45, 7) is 1.83. The van der Waals surface area contributed by atoms with Gasteiger partial charge in [-0.25, -0.2) is 24.3 Å². The molecule has 0 fully saturated rings. The molecule has 10 heteroatoms. The van der Waals surface area contributed by atoms with Crippen LogP contribution in [-0.4, -0.2) is 29.5 Å². The van der Waals surface area contributed by atoms with E-state index >= 15 is 0 Å². The highest BCUT2D eigenvalue weighted by Gasteiger charge is 2.21. The lowest BCUT2D eigenvalue weighted by molar-refractivity contribution is 0.635. The Kier molecular flexibility index (Phi) is 4.59. The lowest BCUT2D eigenvalue weighted by atomic mass is 10.2. The van der Waals surface area contributed by atoms with Crippen molar-refractivity contribution in [3.63, 3.8) is 0 Å². The van der Waals surface area contributed by atoms with E-state index < -0.39 is 17.4 Å². The van der Waals surface area contributed by atoms with E-state index in [2.05, 4.69) is 30.2 Å². The molecule has 31 heavy (non-hydrogen) atoms. The topological polar surface area (TPSA) is 101 Å². The summed E-state index contributed by atoms with van der Waals surface area (Å²) < 4.78 is 15.9. The van der Waals surface area contributed by atoms with Crippen LogP contribution in [0.5, 0.6) is 0 Å². The minimum Gasteiger partial charge on any atom is -0.358 e. The molecular weight excluding hydrogens is 421 g/mol. The van der Waals surface area contributed by atoms with Gasteiger partial charge in [0, 0.05) is 5.02 Å². The van der Waals surface area contributed by atoms with Crippen molar-refractivity contribution >= 4 is 39.5 Å². The lowest BCUT2D eigenvalue weighted by Crippen LogP contribution is -2.28. The zero-order valence-electron chi connectivity index (χ0n) is 16.2. The smallest absolute Gasteiger partial charge is 0.269 e. The van der Waals surface area contributed by atoms with E-state index in [-0.39, 0.29) is 10.9 Å². The number of hydrogen-bond donors (Lipinski definition) is 2. The van der Waals surface area contributed by atoms with Gasteiger partial charge in [-0.1, -0.05) is 23.7 Å². The van der Waals surface area contributed by atoms with Crippen molar-refractivity contribution in [1.82, 2.24) is 29.5 Å². The number of H-pyrrole nitrogens is 1. The summed E-state index contributed by atoms with van der Waals surface area (Å²) in [5.41, 5.74) is 1.35. The maximum atomic E-state index is 14.5. The van der Waals surface area contributed by atoms with E-state index in [4.69, 9.17) is 11.6 Å². The largest absolute Gasteiger partial charge is 0.358 e. The van der Waals surface area contributed by atoms with Gasteiger partial charge in [0.05, 0.1) is 23.6 Å². The summed E-state index contributed by atoms with van der Waals surface area (Å²) in [6.07, 6.45) is 2.92. The van der Waals surface area contributed by atoms with Gasteiger partial charge >= 0.3 is 0 Å². The molecule has 0 amide bonds. The van der Waals surface area contributed by atoms with Crippen LogP contribution in [0.2, 0.25) is 5.02 Å². The molecule has 3 heterocycles. The minimum atomic E-state index is -0.632. The molecule has 0 saturated heterocycles. The fourth-order valence-corrected chi connectivity index (χ4v) is 3.69. The number of halogens is 2. The Morgan fingerprint density at radius 3 is 2.84 bits per heavy atom. The molecule has 5 aromatic rings. The summed E-state index contributed by atoms with van der Waals surface area (Å²) >= 11 is 6.16. The number of rotatable bonds is 4. The van der Waals surface area contributed by atoms with Gasteiger partial charge in [-0.2, -0.15) is 0 Å². The SMILES string of the molecule is C[C@@H](Nc1ncnc2nc[nH]c12)c1nc2cccc(F)c2c(=O)n1-c1cccc(Cl)c1. The summed E-state index contributed by atoms with van der Waals surface area (Å²) in [6, 6.07) is 10.6. The van der Waals surface area contributed by atoms with Gasteiger partial charge in [0.2, 0.25) is 0 Å². The first-order chi connectivity index (χ1) is 15.0. The van der Waals surface area contributed by atoms with Gasteiger partial charge in [-0.05, 0) is 37.3 Å². The van der Waals surface area contributed by atoms with Crippen LogP contribution >= 0.6 is 11.6 Å². The summed E-state index contributed by atoms with van der Waals surface area (Å²) in [5, 5.41) is 3.60. The van der Waals surface area contributed by atoms with Crippen molar-refractivity contribution in [3.05, 3.63) is 82.1 Å². The maximum absolute atomic E-state index is 14.5. The number of benzene rings is 2. The average molecular weight is 436 g/mol. The molecule has 8 nitrogen and oxygen atoms in total. The highest BCUT2D eigenvalue weighted by molar-refractivity contribution is 6.30. The summed E-state index contributed by atoms with van der Waals surface area (Å²) in [5.74, 6) is 0.241. The predicted octanol–water partition coefficient (Wildman–Crippen LogP) is 4.02. The number of nitrogens with zero attached hydrogens (tertiary/aromatic N) is 5. The quantitative estimate of drug-likeness (QED) is 0.442. The Morgan fingerprint density at radius 2 is 2.00 bits per heavy atom. The first kappa shape index (κ1) is 19.1. The minimum absolute atomic E-state index is 0.0866. The van der Waals surface area contributed by atoms with E-state index in [9.17, 15) is 9.18 Å². The second-order valence-corrected chi connectivity index (χ2v) is 7.35. The third-order valence-electron chi connectivity index (χ3n) is 4.90. The molecule has 154 valence electrons. The normalized spacial score (nSPS) is 12.4. The molecule has 5 rings (SSSR count). The molecule has 0 unspecified atom stereocenters.